The van der Waals surface area contributed by atoms with Crippen LogP contribution in [0.3, 0.4) is 0 Å². The van der Waals surface area contributed by atoms with E-state index in [4.69, 9.17) is 21.1 Å². The number of hydrogen-bond acceptors (Lipinski definition) is 6. The average molecular weight is 780 g/mol. The molecule has 9 nitrogen and oxygen atoms in total. The van der Waals surface area contributed by atoms with Crippen molar-refractivity contribution < 1.29 is 29.0 Å². The third-order valence-electron chi connectivity index (χ3n) is 12.0. The summed E-state index contributed by atoms with van der Waals surface area (Å²) in [5.74, 6) is 0.208. The molecule has 0 aliphatic carbocycles. The van der Waals surface area contributed by atoms with Crippen LogP contribution in [0.1, 0.15) is 49.3 Å². The van der Waals surface area contributed by atoms with Gasteiger partial charge in [-0.15, -0.1) is 0 Å². The van der Waals surface area contributed by atoms with E-state index in [1.807, 2.05) is 83.8 Å². The van der Waals surface area contributed by atoms with Crippen LogP contribution in [0.5, 0.6) is 5.75 Å². The fraction of sp³-hybridized carbons (Fsp3) is 0.386. The van der Waals surface area contributed by atoms with Gasteiger partial charge >= 0.3 is 0 Å². The monoisotopic (exact) mass is 779 g/mol. The van der Waals surface area contributed by atoms with Crippen molar-refractivity contribution in [3.05, 3.63) is 119 Å². The van der Waals surface area contributed by atoms with Gasteiger partial charge in [0.2, 0.25) is 11.8 Å². The fourth-order valence-corrected chi connectivity index (χ4v) is 13.4. The number of piperidine rings is 1. The SMILES string of the molecule is COc1ccc([Si](C)(C)[C@H]2[C@H](CC(=O)N(CCO)Cc3ccccc3)O[C@@]3(C(=O)N(Cc4cccc(N5CCCCC5=O)c4)c4ccc(Cl)cc43)[C@@H]2C)cc1. The van der Waals surface area contributed by atoms with E-state index < -0.39 is 19.8 Å². The summed E-state index contributed by atoms with van der Waals surface area (Å²) in [7, 11) is -0.886. The fourth-order valence-electron chi connectivity index (χ4n) is 9.24. The second-order valence-electron chi connectivity index (χ2n) is 15.6. The van der Waals surface area contributed by atoms with Crippen molar-refractivity contribution in [2.75, 3.05) is 36.6 Å². The number of halogens is 1. The van der Waals surface area contributed by atoms with Crippen LogP contribution in [0.25, 0.3) is 0 Å². The molecule has 3 aliphatic rings. The molecule has 2 fully saturated rings. The van der Waals surface area contributed by atoms with Gasteiger partial charge in [-0.05, 0) is 72.0 Å². The van der Waals surface area contributed by atoms with Gasteiger partial charge in [0, 0.05) is 48.2 Å². The first-order valence-corrected chi connectivity index (χ1v) is 22.7. The molecule has 4 aromatic carbocycles. The Morgan fingerprint density at radius 2 is 1.73 bits per heavy atom. The Hall–Kier alpha value is -4.48. The highest BCUT2D eigenvalue weighted by molar-refractivity contribution is 6.91. The largest absolute Gasteiger partial charge is 0.497 e. The number of aliphatic hydroxyl groups excluding tert-OH is 1. The lowest BCUT2D eigenvalue weighted by atomic mass is 9.82. The summed E-state index contributed by atoms with van der Waals surface area (Å²) in [4.78, 5) is 47.8. The summed E-state index contributed by atoms with van der Waals surface area (Å²) >= 11 is 6.72. The zero-order chi connectivity index (χ0) is 38.9. The Morgan fingerprint density at radius 3 is 2.44 bits per heavy atom. The normalized spacial score (nSPS) is 22.3. The molecule has 288 valence electrons. The number of anilines is 2. The highest BCUT2D eigenvalue weighted by atomic mass is 35.5. The molecule has 3 aliphatic heterocycles. The molecule has 0 unspecified atom stereocenters. The van der Waals surface area contributed by atoms with Crippen molar-refractivity contribution in [1.29, 1.82) is 0 Å². The van der Waals surface area contributed by atoms with Crippen LogP contribution in [0.2, 0.25) is 23.7 Å². The van der Waals surface area contributed by atoms with Crippen LogP contribution in [0.15, 0.2) is 97.1 Å². The predicted octanol–water partition coefficient (Wildman–Crippen LogP) is 7.04. The minimum atomic E-state index is -2.53. The van der Waals surface area contributed by atoms with Gasteiger partial charge < -0.3 is 29.3 Å². The summed E-state index contributed by atoms with van der Waals surface area (Å²) in [5, 5.41) is 11.7. The Kier molecular flexibility index (Phi) is 11.2. The van der Waals surface area contributed by atoms with Gasteiger partial charge in [-0.2, -0.15) is 0 Å². The number of nitrogens with zero attached hydrogens (tertiary/aromatic N) is 3. The van der Waals surface area contributed by atoms with Crippen LogP contribution in [0, 0.1) is 5.92 Å². The van der Waals surface area contributed by atoms with Crippen molar-refractivity contribution in [1.82, 2.24) is 4.90 Å². The minimum Gasteiger partial charge on any atom is -0.497 e. The second-order valence-corrected chi connectivity index (χ2v) is 20.7. The second kappa shape index (κ2) is 15.9. The maximum Gasteiger partial charge on any atom is 0.264 e. The molecule has 0 saturated carbocycles. The van der Waals surface area contributed by atoms with Gasteiger partial charge in [0.15, 0.2) is 5.60 Å². The van der Waals surface area contributed by atoms with E-state index in [0.717, 1.165) is 46.3 Å². The van der Waals surface area contributed by atoms with Gasteiger partial charge in [0.05, 0.1) is 46.5 Å². The van der Waals surface area contributed by atoms with E-state index in [9.17, 15) is 14.7 Å². The Labute approximate surface area is 329 Å². The lowest BCUT2D eigenvalue weighted by Gasteiger charge is -2.37. The number of aliphatic hydroxyl groups is 1. The van der Waals surface area contributed by atoms with E-state index in [1.54, 1.807) is 23.0 Å². The number of hydrogen-bond donors (Lipinski definition) is 1. The Bertz CT molecular complexity index is 2040. The quantitative estimate of drug-likeness (QED) is 0.155. The first-order chi connectivity index (χ1) is 26.5. The summed E-state index contributed by atoms with van der Waals surface area (Å²) in [6.07, 6.45) is 1.83. The van der Waals surface area contributed by atoms with Gasteiger partial charge in [0.1, 0.15) is 5.75 Å². The molecule has 3 heterocycles. The highest BCUT2D eigenvalue weighted by Crippen LogP contribution is 2.60. The molecular weight excluding hydrogens is 730 g/mol. The first-order valence-electron chi connectivity index (χ1n) is 19.2. The molecule has 2 saturated heterocycles. The smallest absolute Gasteiger partial charge is 0.264 e. The summed E-state index contributed by atoms with van der Waals surface area (Å²) in [6.45, 7) is 7.98. The molecule has 55 heavy (non-hydrogen) atoms. The van der Waals surface area contributed by atoms with Crippen LogP contribution in [0.4, 0.5) is 11.4 Å². The van der Waals surface area contributed by atoms with Gasteiger partial charge in [-0.25, -0.2) is 0 Å². The molecule has 1 spiro atoms. The Balaban J connectivity index is 1.27. The number of fused-ring (bicyclic) bond motifs is 2. The van der Waals surface area contributed by atoms with E-state index >= 15 is 4.79 Å². The molecule has 0 aromatic heterocycles. The molecule has 0 radical (unpaired) electrons. The number of carbonyl (C=O) groups is 3. The highest BCUT2D eigenvalue weighted by Gasteiger charge is 2.66. The number of ether oxygens (including phenoxy) is 2. The van der Waals surface area contributed by atoms with Crippen molar-refractivity contribution in [3.8, 4) is 5.75 Å². The maximum absolute atomic E-state index is 15.3. The van der Waals surface area contributed by atoms with Crippen LogP contribution < -0.4 is 19.7 Å². The molecule has 0 bridgehead atoms. The van der Waals surface area contributed by atoms with Crippen LogP contribution in [-0.4, -0.2) is 68.7 Å². The van der Waals surface area contributed by atoms with Crippen LogP contribution >= 0.6 is 11.6 Å². The van der Waals surface area contributed by atoms with E-state index in [0.29, 0.717) is 30.1 Å². The zero-order valence-electron chi connectivity index (χ0n) is 32.0. The minimum absolute atomic E-state index is 0.0469. The molecule has 3 amide bonds. The van der Waals surface area contributed by atoms with Gasteiger partial charge in [0.25, 0.3) is 5.91 Å². The molecule has 7 rings (SSSR count). The number of benzene rings is 4. The molecule has 4 atom stereocenters. The van der Waals surface area contributed by atoms with Crippen molar-refractivity contribution in [2.45, 2.75) is 76.0 Å². The number of rotatable bonds is 12. The average Bonchev–Trinajstić information content (AvgIpc) is 3.61. The van der Waals surface area contributed by atoms with E-state index in [1.165, 1.54) is 0 Å². The molecule has 1 N–H and O–H groups in total. The number of carbonyl (C=O) groups excluding carboxylic acids is 3. The zero-order valence-corrected chi connectivity index (χ0v) is 33.8. The van der Waals surface area contributed by atoms with Gasteiger partial charge in [-0.3, -0.25) is 14.4 Å². The number of methoxy groups -OCH3 is 1. The Morgan fingerprint density at radius 1 is 0.982 bits per heavy atom. The lowest BCUT2D eigenvalue weighted by molar-refractivity contribution is -0.150. The maximum atomic E-state index is 15.3. The molecular formula is C44H50ClN3O6Si. The summed E-state index contributed by atoms with van der Waals surface area (Å²) in [6, 6.07) is 31.3. The topological polar surface area (TPSA) is 99.6 Å². The first kappa shape index (κ1) is 38.8. The van der Waals surface area contributed by atoms with E-state index in [2.05, 4.69) is 32.2 Å². The lowest BCUT2D eigenvalue weighted by Crippen LogP contribution is -2.52. The third kappa shape index (κ3) is 7.33. The third-order valence-corrected chi connectivity index (χ3v) is 16.6. The van der Waals surface area contributed by atoms with Crippen molar-refractivity contribution in [2.24, 2.45) is 5.92 Å². The predicted molar refractivity (Wildman–Crippen MR) is 218 cm³/mol. The van der Waals surface area contributed by atoms with Gasteiger partial charge in [-0.1, -0.05) is 91.4 Å². The van der Waals surface area contributed by atoms with E-state index in [-0.39, 0.29) is 55.3 Å². The van der Waals surface area contributed by atoms with Crippen molar-refractivity contribution in [3.63, 3.8) is 0 Å². The molecule has 4 aromatic rings. The van der Waals surface area contributed by atoms with Crippen molar-refractivity contribution >= 4 is 54.0 Å². The summed E-state index contributed by atoms with van der Waals surface area (Å²) in [5.41, 5.74) is 2.56. The van der Waals surface area contributed by atoms with Crippen LogP contribution in [-0.2, 0) is 37.8 Å². The standard InChI is InChI=1S/C44H50ClN3O6Si/c1-30-42(55(3,4)36-19-17-35(53-2)18-20-36)39(27-41(51)46(23-24-49)28-31-11-6-5-7-12-31)54-44(30)37-26-33(45)16-21-38(37)48(43(44)52)29-32-13-10-14-34(25-32)47-22-9-8-15-40(47)50/h5-7,10-14,16-21,25-26,30,39,42,49H,8-9,15,22-24,27-29H2,1-4H3/t30-,39+,42-,44+/m1/s1. The number of amides is 3. The summed E-state index contributed by atoms with van der Waals surface area (Å²) < 4.78 is 12.7. The molecule has 11 heteroatoms.